The molecule has 3 nitrogen and oxygen atoms in total. The predicted octanol–water partition coefficient (Wildman–Crippen LogP) is 3.08. The third-order valence-electron chi connectivity index (χ3n) is 2.60. The number of benzene rings is 1. The van der Waals surface area contributed by atoms with Crippen molar-refractivity contribution in [3.05, 3.63) is 18.2 Å². The van der Waals surface area contributed by atoms with Crippen LogP contribution < -0.4 is 14.4 Å². The molecule has 0 heterocycles. The largest absolute Gasteiger partial charge is 0.491 e. The Hall–Kier alpha value is -1.38. The summed E-state index contributed by atoms with van der Waals surface area (Å²) in [5, 5.41) is 0. The summed E-state index contributed by atoms with van der Waals surface area (Å²) in [6.07, 6.45) is 2.93. The quantitative estimate of drug-likeness (QED) is 0.783. The SMILES string of the molecule is CC(C)Oc1ccc(N(C)C)c(OC2CC2)c1. The van der Waals surface area contributed by atoms with Crippen LogP contribution in [0.15, 0.2) is 18.2 Å². The normalized spacial score (nSPS) is 14.9. The second-order valence-corrected chi connectivity index (χ2v) is 5.01. The van der Waals surface area contributed by atoms with Gasteiger partial charge in [0.2, 0.25) is 0 Å². The lowest BCUT2D eigenvalue weighted by molar-refractivity contribution is 0.239. The van der Waals surface area contributed by atoms with Gasteiger partial charge >= 0.3 is 0 Å². The van der Waals surface area contributed by atoms with Gasteiger partial charge < -0.3 is 14.4 Å². The topological polar surface area (TPSA) is 21.7 Å². The summed E-state index contributed by atoms with van der Waals surface area (Å²) in [5.41, 5.74) is 1.10. The van der Waals surface area contributed by atoms with Gasteiger partial charge in [-0.2, -0.15) is 0 Å². The fourth-order valence-electron chi connectivity index (χ4n) is 1.67. The average molecular weight is 235 g/mol. The molecule has 1 aliphatic carbocycles. The van der Waals surface area contributed by atoms with Gasteiger partial charge in [-0.25, -0.2) is 0 Å². The van der Waals surface area contributed by atoms with Crippen LogP contribution in [0.4, 0.5) is 5.69 Å². The molecule has 1 aliphatic rings. The summed E-state index contributed by atoms with van der Waals surface area (Å²) in [6.45, 7) is 4.06. The number of rotatable bonds is 5. The Morgan fingerprint density at radius 1 is 1.24 bits per heavy atom. The third kappa shape index (κ3) is 3.29. The summed E-state index contributed by atoms with van der Waals surface area (Å²) >= 11 is 0. The lowest BCUT2D eigenvalue weighted by Gasteiger charge is -2.19. The molecule has 0 amide bonds. The van der Waals surface area contributed by atoms with E-state index in [9.17, 15) is 0 Å². The van der Waals surface area contributed by atoms with Crippen molar-refractivity contribution in [3.8, 4) is 11.5 Å². The Labute approximate surface area is 103 Å². The van der Waals surface area contributed by atoms with Gasteiger partial charge in [-0.3, -0.25) is 0 Å². The summed E-state index contributed by atoms with van der Waals surface area (Å²) in [7, 11) is 4.05. The number of hydrogen-bond acceptors (Lipinski definition) is 3. The van der Waals surface area contributed by atoms with Gasteiger partial charge in [0.1, 0.15) is 11.5 Å². The van der Waals surface area contributed by atoms with E-state index in [0.717, 1.165) is 17.2 Å². The van der Waals surface area contributed by atoms with Gasteiger partial charge in [0.05, 0.1) is 17.9 Å². The van der Waals surface area contributed by atoms with Gasteiger partial charge in [-0.1, -0.05) is 0 Å². The second kappa shape index (κ2) is 4.86. The van der Waals surface area contributed by atoms with Crippen molar-refractivity contribution < 1.29 is 9.47 Å². The zero-order valence-corrected chi connectivity index (χ0v) is 11.1. The monoisotopic (exact) mass is 235 g/mol. The first-order chi connectivity index (χ1) is 8.06. The molecule has 2 rings (SSSR count). The van der Waals surface area contributed by atoms with Crippen LogP contribution in [-0.2, 0) is 0 Å². The minimum Gasteiger partial charge on any atom is -0.491 e. The molecule has 1 saturated carbocycles. The molecule has 0 N–H and O–H groups in total. The van der Waals surface area contributed by atoms with E-state index in [1.165, 1.54) is 12.8 Å². The molecule has 3 heteroatoms. The Morgan fingerprint density at radius 3 is 2.47 bits per heavy atom. The molecule has 1 aromatic carbocycles. The average Bonchev–Trinajstić information content (AvgIpc) is 3.00. The van der Waals surface area contributed by atoms with Crippen molar-refractivity contribution in [1.82, 2.24) is 0 Å². The van der Waals surface area contributed by atoms with Crippen LogP contribution in [0.2, 0.25) is 0 Å². The molecule has 0 bridgehead atoms. The molecule has 0 aliphatic heterocycles. The van der Waals surface area contributed by atoms with Crippen molar-refractivity contribution in [1.29, 1.82) is 0 Å². The molecular weight excluding hydrogens is 214 g/mol. The van der Waals surface area contributed by atoms with Crippen LogP contribution in [0.1, 0.15) is 26.7 Å². The van der Waals surface area contributed by atoms with Crippen molar-refractivity contribution in [2.24, 2.45) is 0 Å². The van der Waals surface area contributed by atoms with Gasteiger partial charge in [0, 0.05) is 20.2 Å². The number of nitrogens with zero attached hydrogens (tertiary/aromatic N) is 1. The zero-order valence-electron chi connectivity index (χ0n) is 11.1. The van der Waals surface area contributed by atoms with Crippen LogP contribution in [0.3, 0.4) is 0 Å². The first kappa shape index (κ1) is 12.1. The standard InChI is InChI=1S/C14H21NO2/c1-10(2)16-12-7-8-13(15(3)4)14(9-12)17-11-5-6-11/h7-11H,5-6H2,1-4H3. The Balaban J connectivity index is 2.21. The van der Waals surface area contributed by atoms with E-state index in [-0.39, 0.29) is 6.10 Å². The van der Waals surface area contributed by atoms with Gasteiger partial charge in [-0.15, -0.1) is 0 Å². The maximum atomic E-state index is 5.92. The van der Waals surface area contributed by atoms with E-state index in [1.54, 1.807) is 0 Å². The van der Waals surface area contributed by atoms with Crippen molar-refractivity contribution in [3.63, 3.8) is 0 Å². The molecule has 0 radical (unpaired) electrons. The fraction of sp³-hybridized carbons (Fsp3) is 0.571. The highest BCUT2D eigenvalue weighted by Gasteiger charge is 2.25. The second-order valence-electron chi connectivity index (χ2n) is 5.01. The number of anilines is 1. The minimum atomic E-state index is 0.189. The molecule has 1 fully saturated rings. The van der Waals surface area contributed by atoms with Crippen LogP contribution >= 0.6 is 0 Å². The van der Waals surface area contributed by atoms with Gasteiger partial charge in [-0.05, 0) is 38.8 Å². The van der Waals surface area contributed by atoms with E-state index in [4.69, 9.17) is 9.47 Å². The molecule has 17 heavy (non-hydrogen) atoms. The lowest BCUT2D eigenvalue weighted by Crippen LogP contribution is -2.12. The van der Waals surface area contributed by atoms with Crippen molar-refractivity contribution >= 4 is 5.69 Å². The third-order valence-corrected chi connectivity index (χ3v) is 2.60. The van der Waals surface area contributed by atoms with E-state index in [1.807, 2.05) is 40.1 Å². The Kier molecular flexibility index (Phi) is 3.46. The highest BCUT2D eigenvalue weighted by molar-refractivity contribution is 5.60. The van der Waals surface area contributed by atoms with E-state index in [2.05, 4.69) is 11.0 Å². The van der Waals surface area contributed by atoms with Gasteiger partial charge in [0.25, 0.3) is 0 Å². The molecule has 0 spiro atoms. The number of hydrogen-bond donors (Lipinski definition) is 0. The summed E-state index contributed by atoms with van der Waals surface area (Å²) in [6, 6.07) is 6.04. The van der Waals surface area contributed by atoms with Crippen LogP contribution in [-0.4, -0.2) is 26.3 Å². The highest BCUT2D eigenvalue weighted by Crippen LogP contribution is 2.36. The molecule has 0 saturated heterocycles. The van der Waals surface area contributed by atoms with Crippen molar-refractivity contribution in [2.75, 3.05) is 19.0 Å². The Bertz CT molecular complexity index is 384. The van der Waals surface area contributed by atoms with Gasteiger partial charge in [0.15, 0.2) is 0 Å². The highest BCUT2D eigenvalue weighted by atomic mass is 16.5. The summed E-state index contributed by atoms with van der Waals surface area (Å²) < 4.78 is 11.6. The van der Waals surface area contributed by atoms with Crippen LogP contribution in [0.5, 0.6) is 11.5 Å². The predicted molar refractivity (Wildman–Crippen MR) is 70.2 cm³/mol. The number of ether oxygens (including phenoxy) is 2. The smallest absolute Gasteiger partial charge is 0.146 e. The molecule has 94 valence electrons. The summed E-state index contributed by atoms with van der Waals surface area (Å²) in [4.78, 5) is 2.07. The van der Waals surface area contributed by atoms with E-state index in [0.29, 0.717) is 6.10 Å². The van der Waals surface area contributed by atoms with Crippen molar-refractivity contribution in [2.45, 2.75) is 38.9 Å². The molecule has 1 aromatic rings. The first-order valence-electron chi connectivity index (χ1n) is 6.21. The molecule has 0 unspecified atom stereocenters. The summed E-state index contributed by atoms with van der Waals surface area (Å²) in [5.74, 6) is 1.80. The molecule has 0 atom stereocenters. The zero-order chi connectivity index (χ0) is 12.4. The molecular formula is C14H21NO2. The fourth-order valence-corrected chi connectivity index (χ4v) is 1.67. The maximum absolute atomic E-state index is 5.92. The Morgan fingerprint density at radius 2 is 1.94 bits per heavy atom. The van der Waals surface area contributed by atoms with Crippen LogP contribution in [0.25, 0.3) is 0 Å². The molecule has 0 aromatic heterocycles. The maximum Gasteiger partial charge on any atom is 0.146 e. The lowest BCUT2D eigenvalue weighted by atomic mass is 10.2. The van der Waals surface area contributed by atoms with Crippen LogP contribution in [0, 0.1) is 0 Å². The van der Waals surface area contributed by atoms with E-state index >= 15 is 0 Å². The first-order valence-corrected chi connectivity index (χ1v) is 6.21. The van der Waals surface area contributed by atoms with E-state index < -0.39 is 0 Å². The minimum absolute atomic E-state index is 0.189.